The second-order valence-electron chi connectivity index (χ2n) is 2.61. The Morgan fingerprint density at radius 2 is 1.88 bits per heavy atom. The summed E-state index contributed by atoms with van der Waals surface area (Å²) in [6.45, 7) is 5.20. The predicted octanol–water partition coefficient (Wildman–Crippen LogP) is 1.73. The third-order valence-corrected chi connectivity index (χ3v) is 0.823. The number of hydrogen-bond acceptors (Lipinski definition) is 2. The van der Waals surface area contributed by atoms with Crippen LogP contribution in [0.5, 0.6) is 0 Å². The summed E-state index contributed by atoms with van der Waals surface area (Å²) in [4.78, 5) is 10.5. The summed E-state index contributed by atoms with van der Waals surface area (Å²) in [6.07, 6.45) is 0. The fraction of sp³-hybridized carbons (Fsp3) is 0.800. The first-order chi connectivity index (χ1) is 3.48. The van der Waals surface area contributed by atoms with Crippen LogP contribution in [0.25, 0.3) is 0 Å². The molecule has 0 aliphatic carbocycles. The number of hydrogen-bond donors (Lipinski definition) is 0. The maximum absolute atomic E-state index is 10.5. The predicted molar refractivity (Wildman–Crippen MR) is 31.4 cm³/mol. The SMILES string of the molecule is CC(C)(C)C(=O)OCl. The molecule has 0 fully saturated rings. The van der Waals surface area contributed by atoms with E-state index in [-0.39, 0.29) is 0 Å². The van der Waals surface area contributed by atoms with Gasteiger partial charge in [-0.2, -0.15) is 0 Å². The molecule has 0 saturated heterocycles. The van der Waals surface area contributed by atoms with Crippen molar-refractivity contribution in [3.8, 4) is 0 Å². The molecule has 0 saturated carbocycles. The molecule has 0 aliphatic rings. The molecule has 8 heavy (non-hydrogen) atoms. The van der Waals surface area contributed by atoms with Gasteiger partial charge in [0.05, 0.1) is 5.41 Å². The average Bonchev–Trinajstić information content (AvgIpc) is 1.62. The molecular formula is C5H9ClO2. The lowest BCUT2D eigenvalue weighted by atomic mass is 9.98. The van der Waals surface area contributed by atoms with E-state index in [4.69, 9.17) is 11.9 Å². The average molecular weight is 137 g/mol. The number of carbonyl (C=O) groups excluding carboxylic acids is 1. The summed E-state index contributed by atoms with van der Waals surface area (Å²) in [5.74, 6) is -0.404. The highest BCUT2D eigenvalue weighted by atomic mass is 35.5. The molecule has 48 valence electrons. The maximum Gasteiger partial charge on any atom is 0.329 e. The number of carbonyl (C=O) groups is 1. The van der Waals surface area contributed by atoms with Crippen LogP contribution >= 0.6 is 11.9 Å². The lowest BCUT2D eigenvalue weighted by molar-refractivity contribution is -0.142. The van der Waals surface area contributed by atoms with Crippen LogP contribution < -0.4 is 0 Å². The van der Waals surface area contributed by atoms with E-state index in [9.17, 15) is 4.79 Å². The normalized spacial score (nSPS) is 11.0. The summed E-state index contributed by atoms with van der Waals surface area (Å²) < 4.78 is 3.95. The first-order valence-electron chi connectivity index (χ1n) is 2.31. The topological polar surface area (TPSA) is 26.3 Å². The Kier molecular flexibility index (Phi) is 2.28. The van der Waals surface area contributed by atoms with Crippen molar-refractivity contribution in [2.75, 3.05) is 0 Å². The molecule has 0 unspecified atom stereocenters. The van der Waals surface area contributed by atoms with Crippen molar-refractivity contribution in [3.05, 3.63) is 0 Å². The highest BCUT2D eigenvalue weighted by Gasteiger charge is 2.22. The Morgan fingerprint density at radius 1 is 1.50 bits per heavy atom. The molecule has 0 spiro atoms. The molecule has 0 aromatic heterocycles. The van der Waals surface area contributed by atoms with Gasteiger partial charge in [-0.3, -0.25) is 0 Å². The van der Waals surface area contributed by atoms with E-state index in [0.29, 0.717) is 0 Å². The molecule has 0 aliphatic heterocycles. The van der Waals surface area contributed by atoms with Crippen molar-refractivity contribution in [1.29, 1.82) is 0 Å². The van der Waals surface area contributed by atoms with E-state index in [1.165, 1.54) is 0 Å². The molecule has 0 atom stereocenters. The van der Waals surface area contributed by atoms with Crippen LogP contribution in [0.15, 0.2) is 0 Å². The Morgan fingerprint density at radius 3 is 1.88 bits per heavy atom. The van der Waals surface area contributed by atoms with Crippen LogP contribution in [-0.2, 0) is 9.08 Å². The van der Waals surface area contributed by atoms with E-state index < -0.39 is 11.4 Å². The summed E-state index contributed by atoms with van der Waals surface area (Å²) in [5, 5.41) is 0. The zero-order valence-electron chi connectivity index (χ0n) is 5.19. The van der Waals surface area contributed by atoms with E-state index in [2.05, 4.69) is 4.29 Å². The van der Waals surface area contributed by atoms with Gasteiger partial charge in [-0.25, -0.2) is 4.79 Å². The Labute approximate surface area is 53.9 Å². The molecule has 0 N–H and O–H groups in total. The standard InChI is InChI=1S/C5H9ClO2/c1-5(2,3)4(7)8-6/h1-3H3. The van der Waals surface area contributed by atoms with Crippen molar-refractivity contribution in [2.24, 2.45) is 5.41 Å². The highest BCUT2D eigenvalue weighted by molar-refractivity contribution is 6.13. The second-order valence-corrected chi connectivity index (χ2v) is 2.77. The van der Waals surface area contributed by atoms with Crippen molar-refractivity contribution in [2.45, 2.75) is 20.8 Å². The van der Waals surface area contributed by atoms with Crippen molar-refractivity contribution in [1.82, 2.24) is 0 Å². The Hall–Kier alpha value is -0.240. The summed E-state index contributed by atoms with van der Waals surface area (Å²) >= 11 is 4.79. The lowest BCUT2D eigenvalue weighted by Crippen LogP contribution is -2.19. The maximum atomic E-state index is 10.5. The largest absolute Gasteiger partial charge is 0.347 e. The number of halogens is 1. The molecule has 0 radical (unpaired) electrons. The van der Waals surface area contributed by atoms with Crippen LogP contribution in [0.4, 0.5) is 0 Å². The van der Waals surface area contributed by atoms with Gasteiger partial charge < -0.3 is 4.29 Å². The second kappa shape index (κ2) is 2.35. The molecule has 3 heteroatoms. The summed E-state index contributed by atoms with van der Waals surface area (Å²) in [7, 11) is 0. The first-order valence-corrected chi connectivity index (χ1v) is 2.62. The van der Waals surface area contributed by atoms with Gasteiger partial charge in [-0.1, -0.05) is 0 Å². The monoisotopic (exact) mass is 136 g/mol. The van der Waals surface area contributed by atoms with Crippen LogP contribution in [0.1, 0.15) is 20.8 Å². The van der Waals surface area contributed by atoms with Crippen molar-refractivity contribution in [3.63, 3.8) is 0 Å². The molecule has 0 aromatic rings. The molecule has 0 aromatic carbocycles. The minimum absolute atomic E-state index is 0.404. The molecule has 2 nitrogen and oxygen atoms in total. The van der Waals surface area contributed by atoms with E-state index >= 15 is 0 Å². The van der Waals surface area contributed by atoms with E-state index in [0.717, 1.165) is 0 Å². The Balaban J connectivity index is 3.82. The van der Waals surface area contributed by atoms with Gasteiger partial charge in [-0.05, 0) is 20.8 Å². The third kappa shape index (κ3) is 2.17. The van der Waals surface area contributed by atoms with Crippen LogP contribution in [-0.4, -0.2) is 5.97 Å². The highest BCUT2D eigenvalue weighted by Crippen LogP contribution is 2.15. The van der Waals surface area contributed by atoms with Gasteiger partial charge in [-0.15, -0.1) is 0 Å². The zero-order chi connectivity index (χ0) is 6.78. The minimum Gasteiger partial charge on any atom is -0.347 e. The fourth-order valence-corrected chi connectivity index (χ4v) is 0.347. The Bertz CT molecular complexity index is 93.1. The van der Waals surface area contributed by atoms with Gasteiger partial charge in [0.2, 0.25) is 0 Å². The summed E-state index contributed by atoms with van der Waals surface area (Å²) in [6, 6.07) is 0. The number of rotatable bonds is 0. The molecule has 0 heterocycles. The smallest absolute Gasteiger partial charge is 0.329 e. The molecular weight excluding hydrogens is 128 g/mol. The fourth-order valence-electron chi connectivity index (χ4n) is 0.116. The van der Waals surface area contributed by atoms with Gasteiger partial charge in [0.25, 0.3) is 0 Å². The van der Waals surface area contributed by atoms with Crippen LogP contribution in [0, 0.1) is 5.41 Å². The van der Waals surface area contributed by atoms with E-state index in [1.54, 1.807) is 20.8 Å². The quantitative estimate of drug-likeness (QED) is 0.507. The van der Waals surface area contributed by atoms with Crippen LogP contribution in [0.2, 0.25) is 0 Å². The zero-order valence-corrected chi connectivity index (χ0v) is 5.95. The first kappa shape index (κ1) is 7.76. The minimum atomic E-state index is -0.484. The van der Waals surface area contributed by atoms with Gasteiger partial charge in [0.1, 0.15) is 11.9 Å². The van der Waals surface area contributed by atoms with Crippen molar-refractivity contribution < 1.29 is 9.08 Å². The molecule has 0 rings (SSSR count). The summed E-state index contributed by atoms with van der Waals surface area (Å²) in [5.41, 5.74) is -0.484. The molecule has 0 bridgehead atoms. The lowest BCUT2D eigenvalue weighted by Gasteiger charge is -2.11. The van der Waals surface area contributed by atoms with Gasteiger partial charge in [0.15, 0.2) is 0 Å². The van der Waals surface area contributed by atoms with Crippen molar-refractivity contribution >= 4 is 17.8 Å². The molecule has 0 amide bonds. The van der Waals surface area contributed by atoms with Gasteiger partial charge in [0, 0.05) is 0 Å². The van der Waals surface area contributed by atoms with Gasteiger partial charge >= 0.3 is 5.97 Å². The van der Waals surface area contributed by atoms with Crippen LogP contribution in [0.3, 0.4) is 0 Å². The van der Waals surface area contributed by atoms with E-state index in [1.807, 2.05) is 0 Å². The third-order valence-electron chi connectivity index (χ3n) is 0.682.